The van der Waals surface area contributed by atoms with E-state index in [9.17, 15) is 29.8 Å². The van der Waals surface area contributed by atoms with Gasteiger partial charge < -0.3 is 48.3 Å². The van der Waals surface area contributed by atoms with Gasteiger partial charge in [0, 0.05) is 6.42 Å². The van der Waals surface area contributed by atoms with Gasteiger partial charge in [-0.1, -0.05) is 6.92 Å². The summed E-state index contributed by atoms with van der Waals surface area (Å²) in [5.74, 6) is 0. The molecule has 0 rings (SSSR count). The first-order valence-electron chi connectivity index (χ1n) is 7.34. The van der Waals surface area contributed by atoms with Crippen LogP contribution in [-0.4, -0.2) is 38.0 Å². The maximum Gasteiger partial charge on any atom is 0.0634 e. The summed E-state index contributed by atoms with van der Waals surface area (Å²) >= 11 is 0. The van der Waals surface area contributed by atoms with Crippen molar-refractivity contribution < 1.29 is 48.3 Å². The second kappa shape index (κ2) is 14.6. The molecule has 12 heteroatoms. The minimum absolute atomic E-state index is 0.00755. The van der Waals surface area contributed by atoms with Gasteiger partial charge in [0.05, 0.1) is 24.4 Å². The van der Waals surface area contributed by atoms with Crippen LogP contribution >= 0.6 is 17.2 Å². The number of hydrogen-bond donors (Lipinski definition) is 0. The molecule has 0 aromatic carbocycles. The molecule has 0 saturated carbocycles. The lowest BCUT2D eigenvalue weighted by Gasteiger charge is -2.38. The molecule has 24 heavy (non-hydrogen) atoms. The maximum absolute atomic E-state index is 10.8. The van der Waals surface area contributed by atoms with Gasteiger partial charge in [-0.15, -0.1) is 0 Å². The van der Waals surface area contributed by atoms with Crippen LogP contribution < -0.4 is 29.8 Å². The molecule has 0 heterocycles. The molecule has 0 amide bonds. The van der Waals surface area contributed by atoms with Crippen LogP contribution in [0.3, 0.4) is 0 Å². The van der Waals surface area contributed by atoms with Crippen molar-refractivity contribution in [3.63, 3.8) is 0 Å². The molecule has 4 atom stereocenters. The number of ether oxygens (including phenoxy) is 2. The molecule has 0 aromatic rings. The molecule has 0 bridgehead atoms. The second-order valence-electron chi connectivity index (χ2n) is 5.02. The van der Waals surface area contributed by atoms with Crippen molar-refractivity contribution in [1.29, 1.82) is 0 Å². The Morgan fingerprint density at radius 1 is 0.750 bits per heavy atom. The molecule has 4 unspecified atom stereocenters. The predicted molar refractivity (Wildman–Crippen MR) is 72.9 cm³/mol. The Kier molecular flexibility index (Phi) is 14.9. The van der Waals surface area contributed by atoms with E-state index in [0.29, 0.717) is 6.42 Å². The van der Waals surface area contributed by atoms with Gasteiger partial charge in [-0.25, -0.2) is 0 Å². The van der Waals surface area contributed by atoms with Crippen molar-refractivity contribution in [2.24, 2.45) is 0 Å². The third-order valence-corrected chi connectivity index (χ3v) is 4.17. The largest absolute Gasteiger partial charge is 0.834 e. The van der Waals surface area contributed by atoms with Crippen LogP contribution in [0.1, 0.15) is 39.5 Å². The van der Waals surface area contributed by atoms with Crippen LogP contribution in [0.2, 0.25) is 0 Å². The normalized spacial score (nSPS) is 17.2. The Morgan fingerprint density at radius 2 is 1.25 bits per heavy atom. The van der Waals surface area contributed by atoms with Crippen LogP contribution in [0.5, 0.6) is 0 Å². The first kappa shape index (κ1) is 24.5. The Balaban J connectivity index is 4.76. The van der Waals surface area contributed by atoms with E-state index in [1.807, 2.05) is 0 Å². The van der Waals surface area contributed by atoms with Crippen molar-refractivity contribution in [2.75, 3.05) is 13.6 Å². The van der Waals surface area contributed by atoms with E-state index in [4.69, 9.17) is 18.5 Å². The molecule has 0 N–H and O–H groups in total. The summed E-state index contributed by atoms with van der Waals surface area (Å²) < 4.78 is 19.3. The van der Waals surface area contributed by atoms with Crippen LogP contribution in [0.25, 0.3) is 0 Å². The summed E-state index contributed by atoms with van der Waals surface area (Å²) in [7, 11) is -6.21. The summed E-state index contributed by atoms with van der Waals surface area (Å²) in [6.45, 7) is 1.62. The smallest absolute Gasteiger partial charge is 0.0634 e. The monoisotopic (exact) mass is 388 g/mol. The first-order valence-corrected chi connectivity index (χ1v) is 9.53. The van der Waals surface area contributed by atoms with Gasteiger partial charge in [-0.05, 0) is 39.8 Å². The zero-order valence-corrected chi connectivity index (χ0v) is 15.3. The lowest BCUT2D eigenvalue weighted by atomic mass is 10.0. The van der Waals surface area contributed by atoms with E-state index < -0.39 is 55.2 Å². The molecule has 0 saturated heterocycles. The maximum atomic E-state index is 10.8. The fourth-order valence-corrected chi connectivity index (χ4v) is 3.07. The summed E-state index contributed by atoms with van der Waals surface area (Å²) in [5, 5.41) is 21.2. The van der Waals surface area contributed by atoms with Crippen molar-refractivity contribution in [3.05, 3.63) is 0 Å². The summed E-state index contributed by atoms with van der Waals surface area (Å²) in [6, 6.07) is 0. The van der Waals surface area contributed by atoms with Gasteiger partial charge in [-0.3, -0.25) is 0 Å². The zero-order chi connectivity index (χ0) is 18.5. The van der Waals surface area contributed by atoms with Crippen molar-refractivity contribution in [1.82, 2.24) is 0 Å². The molecule has 0 aliphatic carbocycles. The molecule has 0 fully saturated rings. The van der Waals surface area contributed by atoms with E-state index >= 15 is 0 Å². The van der Waals surface area contributed by atoms with E-state index in [2.05, 4.69) is 0 Å². The molecular weight excluding hydrogens is 366 g/mol. The Labute approximate surface area is 143 Å². The minimum Gasteiger partial charge on any atom is -0.834 e. The number of hydrogen-bond acceptors (Lipinski definition) is 10. The fourth-order valence-electron chi connectivity index (χ4n) is 2.18. The average Bonchev–Trinajstić information content (AvgIpc) is 2.45. The van der Waals surface area contributed by atoms with E-state index in [1.165, 1.54) is 0 Å². The van der Waals surface area contributed by atoms with Crippen molar-refractivity contribution >= 4 is 17.2 Å². The quantitative estimate of drug-likeness (QED) is 0.204. The number of rotatable bonds is 15. The third kappa shape index (κ3) is 12.8. The van der Waals surface area contributed by atoms with Crippen molar-refractivity contribution in [2.45, 2.75) is 63.9 Å². The Hall–Kier alpha value is 0.460. The topological polar surface area (TPSA) is 175 Å². The third-order valence-electron chi connectivity index (χ3n) is 3.23. The molecule has 0 aliphatic rings. The molecule has 0 spiro atoms. The van der Waals surface area contributed by atoms with E-state index in [0.717, 1.165) is 0 Å². The summed E-state index contributed by atoms with van der Waals surface area (Å²) in [5.41, 5.74) is 0. The molecule has 0 aromatic heterocycles. The summed E-state index contributed by atoms with van der Waals surface area (Å²) in [4.78, 5) is 42.9. The lowest BCUT2D eigenvalue weighted by molar-refractivity contribution is -0.438. The molecule has 10 nitrogen and oxygen atoms in total. The highest BCUT2D eigenvalue weighted by Crippen LogP contribution is 2.28. The highest BCUT2D eigenvalue weighted by molar-refractivity contribution is 7.36. The molecular formula is C12H22O10P2-6. The molecule has 146 valence electrons. The summed E-state index contributed by atoms with van der Waals surface area (Å²) in [6.07, 6.45) is -2.34. The van der Waals surface area contributed by atoms with Crippen LogP contribution in [0, 0.1) is 0 Å². The van der Waals surface area contributed by atoms with E-state index in [1.54, 1.807) is 13.8 Å². The standard InChI is InChI=1S/C12H22O10P2/c1-3-10(21-23(15)16)5-11(20-8-14)6-12(22-24(17)18)4-9(2)19-7-13/h9-12H,3-8H2,1-2H3/q-6. The minimum atomic E-state index is -3.15. The van der Waals surface area contributed by atoms with Gasteiger partial charge in [0.15, 0.2) is 0 Å². The van der Waals surface area contributed by atoms with Gasteiger partial charge in [-0.2, -0.15) is 17.2 Å². The zero-order valence-electron chi connectivity index (χ0n) is 13.5. The Morgan fingerprint density at radius 3 is 1.71 bits per heavy atom. The van der Waals surface area contributed by atoms with Gasteiger partial charge in [0.1, 0.15) is 0 Å². The average molecular weight is 388 g/mol. The first-order chi connectivity index (χ1) is 11.3. The van der Waals surface area contributed by atoms with E-state index in [-0.39, 0.29) is 19.3 Å². The van der Waals surface area contributed by atoms with Crippen LogP contribution in [0.4, 0.5) is 0 Å². The Bertz CT molecular complexity index is 297. The van der Waals surface area contributed by atoms with Gasteiger partial charge in [0.2, 0.25) is 0 Å². The van der Waals surface area contributed by atoms with Crippen LogP contribution in [-0.2, 0) is 18.5 Å². The second-order valence-corrected chi connectivity index (χ2v) is 6.34. The highest BCUT2D eigenvalue weighted by Gasteiger charge is 2.22. The lowest BCUT2D eigenvalue weighted by Crippen LogP contribution is -2.33. The SMILES string of the molecule is CCC(CC(CC(CC(C)OC[O-])OP([O-])[O-])OC[O-])OP([O-])[O-]. The highest BCUT2D eigenvalue weighted by atomic mass is 31.2. The predicted octanol–water partition coefficient (Wildman–Crippen LogP) is -3.34. The van der Waals surface area contributed by atoms with Crippen molar-refractivity contribution in [3.8, 4) is 0 Å². The van der Waals surface area contributed by atoms with Crippen LogP contribution in [0.15, 0.2) is 0 Å². The van der Waals surface area contributed by atoms with Gasteiger partial charge >= 0.3 is 0 Å². The molecule has 0 aliphatic heterocycles. The fraction of sp³-hybridized carbons (Fsp3) is 1.00. The van der Waals surface area contributed by atoms with Gasteiger partial charge in [0.25, 0.3) is 0 Å². The molecule has 0 radical (unpaired) electrons.